The lowest BCUT2D eigenvalue weighted by molar-refractivity contribution is 0.104. The number of pyridine rings is 1. The summed E-state index contributed by atoms with van der Waals surface area (Å²) in [6, 6.07) is 7.36. The Morgan fingerprint density at radius 1 is 1.32 bits per heavy atom. The minimum Gasteiger partial charge on any atom is -0.504 e. The molecule has 110 valence electrons. The summed E-state index contributed by atoms with van der Waals surface area (Å²) in [6.45, 7) is 0.574. The molecule has 0 saturated carbocycles. The van der Waals surface area contributed by atoms with Gasteiger partial charge in [0.15, 0.2) is 11.5 Å². The summed E-state index contributed by atoms with van der Waals surface area (Å²) < 4.78 is 1.85. The number of nitrogens with zero attached hydrogens (tertiary/aromatic N) is 4. The molecule has 7 heteroatoms. The molecule has 3 aromatic rings. The second kappa shape index (κ2) is 6.04. The van der Waals surface area contributed by atoms with Crippen LogP contribution in [0.1, 0.15) is 21.9 Å². The molecular formula is C15H13N5O2. The summed E-state index contributed by atoms with van der Waals surface area (Å²) in [5.74, 6) is -0.507. The van der Waals surface area contributed by atoms with Gasteiger partial charge in [0.25, 0.3) is 0 Å². The fraction of sp³-hybridized carbons (Fsp3) is 0.0667. The van der Waals surface area contributed by atoms with Gasteiger partial charge in [-0.25, -0.2) is 4.98 Å². The zero-order valence-electron chi connectivity index (χ0n) is 11.5. The number of hydrogen-bond donors (Lipinski definition) is 2. The smallest absolute Gasteiger partial charge is 0.215 e. The van der Waals surface area contributed by atoms with E-state index in [1.807, 2.05) is 22.8 Å². The number of aliphatic hydroxyl groups excluding tert-OH is 1. The number of H-pyrrole nitrogens is 1. The van der Waals surface area contributed by atoms with Crippen LogP contribution in [0.25, 0.3) is 5.76 Å². The molecule has 0 amide bonds. The van der Waals surface area contributed by atoms with Crippen molar-refractivity contribution in [2.75, 3.05) is 0 Å². The molecule has 0 aliphatic rings. The number of carbonyl (C=O) groups is 1. The number of nitrogens with one attached hydrogen (secondary N) is 1. The summed E-state index contributed by atoms with van der Waals surface area (Å²) in [5.41, 5.74) is 1.37. The first-order chi connectivity index (χ1) is 10.7. The molecule has 0 atom stereocenters. The van der Waals surface area contributed by atoms with Crippen LogP contribution in [0, 0.1) is 0 Å². The molecule has 7 nitrogen and oxygen atoms in total. The molecule has 0 radical (unpaired) electrons. The topological polar surface area (TPSA) is 96.7 Å². The second-order valence-corrected chi connectivity index (χ2v) is 4.61. The van der Waals surface area contributed by atoms with E-state index in [0.29, 0.717) is 12.1 Å². The van der Waals surface area contributed by atoms with Crippen molar-refractivity contribution in [2.45, 2.75) is 6.54 Å². The Bertz CT molecular complexity index is 790. The molecule has 3 aromatic heterocycles. The van der Waals surface area contributed by atoms with Crippen LogP contribution in [0.5, 0.6) is 0 Å². The van der Waals surface area contributed by atoms with Crippen molar-refractivity contribution in [3.05, 3.63) is 72.3 Å². The van der Waals surface area contributed by atoms with Crippen molar-refractivity contribution < 1.29 is 9.90 Å². The Hall–Kier alpha value is -3.22. The average molecular weight is 295 g/mol. The van der Waals surface area contributed by atoms with Gasteiger partial charge in [-0.3, -0.25) is 14.9 Å². The zero-order valence-corrected chi connectivity index (χ0v) is 11.5. The minimum absolute atomic E-state index is 0.0845. The highest BCUT2D eigenvalue weighted by molar-refractivity contribution is 6.07. The van der Waals surface area contributed by atoms with Crippen molar-refractivity contribution in [3.8, 4) is 0 Å². The van der Waals surface area contributed by atoms with Gasteiger partial charge in [-0.2, -0.15) is 5.10 Å². The summed E-state index contributed by atoms with van der Waals surface area (Å²) >= 11 is 0. The largest absolute Gasteiger partial charge is 0.504 e. The minimum atomic E-state index is -0.318. The highest BCUT2D eigenvalue weighted by Gasteiger charge is 2.10. The molecule has 0 saturated heterocycles. The SMILES string of the molecule is O=C(C=C(O)c1nc[nH]n1)c1ccn(Cc2ccccn2)c1. The standard InChI is InChI=1S/C15H13N5O2/c21-13(7-14(22)15-17-10-18-19-15)11-4-6-20(8-11)9-12-3-1-2-5-16-12/h1-8,10,22H,9H2,(H,17,18,19). The molecule has 3 heterocycles. The van der Waals surface area contributed by atoms with Crippen molar-refractivity contribution in [1.82, 2.24) is 24.7 Å². The van der Waals surface area contributed by atoms with Gasteiger partial charge in [0, 0.05) is 30.2 Å². The molecule has 0 unspecified atom stereocenters. The third kappa shape index (κ3) is 3.09. The van der Waals surface area contributed by atoms with Crippen molar-refractivity contribution in [3.63, 3.8) is 0 Å². The maximum absolute atomic E-state index is 12.1. The second-order valence-electron chi connectivity index (χ2n) is 4.61. The van der Waals surface area contributed by atoms with E-state index in [-0.39, 0.29) is 17.4 Å². The molecule has 0 aromatic carbocycles. The van der Waals surface area contributed by atoms with Gasteiger partial charge in [0.2, 0.25) is 5.82 Å². The van der Waals surface area contributed by atoms with Gasteiger partial charge >= 0.3 is 0 Å². The zero-order chi connectivity index (χ0) is 15.4. The fourth-order valence-corrected chi connectivity index (χ4v) is 1.97. The Morgan fingerprint density at radius 2 is 2.23 bits per heavy atom. The van der Waals surface area contributed by atoms with Gasteiger partial charge < -0.3 is 9.67 Å². The van der Waals surface area contributed by atoms with Crippen molar-refractivity contribution >= 4 is 11.5 Å². The predicted molar refractivity (Wildman–Crippen MR) is 79.1 cm³/mol. The molecule has 0 aliphatic heterocycles. The molecular weight excluding hydrogens is 282 g/mol. The van der Waals surface area contributed by atoms with Gasteiger partial charge in [-0.15, -0.1) is 0 Å². The number of ketones is 1. The number of carbonyl (C=O) groups excluding carboxylic acids is 1. The third-order valence-corrected chi connectivity index (χ3v) is 3.02. The van der Waals surface area contributed by atoms with Crippen LogP contribution in [-0.4, -0.2) is 35.6 Å². The van der Waals surface area contributed by atoms with Crippen molar-refractivity contribution in [1.29, 1.82) is 0 Å². The van der Waals surface area contributed by atoms with Crippen LogP contribution in [0.15, 0.2) is 55.3 Å². The highest BCUT2D eigenvalue weighted by Crippen LogP contribution is 2.10. The number of aliphatic hydroxyl groups is 1. The Kier molecular flexibility index (Phi) is 3.78. The Balaban J connectivity index is 1.73. The molecule has 0 spiro atoms. The monoisotopic (exact) mass is 295 g/mol. The third-order valence-electron chi connectivity index (χ3n) is 3.02. The van der Waals surface area contributed by atoms with Crippen molar-refractivity contribution in [2.24, 2.45) is 0 Å². The molecule has 0 fully saturated rings. The number of aromatic nitrogens is 5. The summed E-state index contributed by atoms with van der Waals surface area (Å²) in [7, 11) is 0. The van der Waals surface area contributed by atoms with Crippen LogP contribution in [0.4, 0.5) is 0 Å². The first-order valence-electron chi connectivity index (χ1n) is 6.59. The normalized spacial score (nSPS) is 11.5. The lowest BCUT2D eigenvalue weighted by atomic mass is 10.2. The van der Waals surface area contributed by atoms with E-state index in [1.165, 1.54) is 6.33 Å². The number of rotatable bonds is 5. The lowest BCUT2D eigenvalue weighted by Gasteiger charge is -2.01. The van der Waals surface area contributed by atoms with Gasteiger partial charge in [-0.05, 0) is 18.2 Å². The molecule has 0 bridgehead atoms. The Morgan fingerprint density at radius 3 is 2.95 bits per heavy atom. The maximum Gasteiger partial charge on any atom is 0.215 e. The van der Waals surface area contributed by atoms with Crippen LogP contribution in [0.2, 0.25) is 0 Å². The van der Waals surface area contributed by atoms with E-state index in [2.05, 4.69) is 20.2 Å². The van der Waals surface area contributed by atoms with Crippen LogP contribution >= 0.6 is 0 Å². The molecule has 22 heavy (non-hydrogen) atoms. The van der Waals surface area contributed by atoms with E-state index in [4.69, 9.17) is 0 Å². The van der Waals surface area contributed by atoms with E-state index < -0.39 is 0 Å². The van der Waals surface area contributed by atoms with E-state index >= 15 is 0 Å². The predicted octanol–water partition coefficient (Wildman–Crippen LogP) is 1.83. The van der Waals surface area contributed by atoms with E-state index in [0.717, 1.165) is 11.8 Å². The summed E-state index contributed by atoms with van der Waals surface area (Å²) in [4.78, 5) is 20.1. The summed E-state index contributed by atoms with van der Waals surface area (Å²) in [5, 5.41) is 15.9. The molecule has 2 N–H and O–H groups in total. The van der Waals surface area contributed by atoms with Gasteiger partial charge in [-0.1, -0.05) is 6.07 Å². The lowest BCUT2D eigenvalue weighted by Crippen LogP contribution is -2.00. The first kappa shape index (κ1) is 13.7. The fourth-order valence-electron chi connectivity index (χ4n) is 1.97. The maximum atomic E-state index is 12.1. The van der Waals surface area contributed by atoms with Crippen LogP contribution in [0.3, 0.4) is 0 Å². The Labute approximate surface area is 126 Å². The summed E-state index contributed by atoms with van der Waals surface area (Å²) in [6.07, 6.45) is 7.65. The van der Waals surface area contributed by atoms with Gasteiger partial charge in [0.05, 0.1) is 12.2 Å². The van der Waals surface area contributed by atoms with Crippen LogP contribution < -0.4 is 0 Å². The highest BCUT2D eigenvalue weighted by atomic mass is 16.3. The van der Waals surface area contributed by atoms with Crippen LogP contribution in [-0.2, 0) is 6.54 Å². The number of aromatic amines is 1. The number of allylic oxidation sites excluding steroid dienone is 1. The number of hydrogen-bond acceptors (Lipinski definition) is 5. The van der Waals surface area contributed by atoms with E-state index in [9.17, 15) is 9.90 Å². The van der Waals surface area contributed by atoms with Gasteiger partial charge in [0.1, 0.15) is 6.33 Å². The van der Waals surface area contributed by atoms with E-state index in [1.54, 1.807) is 24.7 Å². The average Bonchev–Trinajstić information content (AvgIpc) is 3.19. The molecule has 0 aliphatic carbocycles. The first-order valence-corrected chi connectivity index (χ1v) is 6.59. The molecule has 3 rings (SSSR count). The quantitative estimate of drug-likeness (QED) is 0.425.